The van der Waals surface area contributed by atoms with Gasteiger partial charge in [0.1, 0.15) is 11.4 Å². The van der Waals surface area contributed by atoms with Gasteiger partial charge in [0.05, 0.1) is 5.75 Å². The average Bonchev–Trinajstić information content (AvgIpc) is 1.84. The molecule has 0 saturated heterocycles. The highest BCUT2D eigenvalue weighted by molar-refractivity contribution is 7.95. The van der Waals surface area contributed by atoms with Crippen molar-refractivity contribution in [2.75, 3.05) is 5.75 Å². The minimum atomic E-state index is -3.87. The minimum Gasteiger partial charge on any atom is -0.749 e. The molecule has 0 aliphatic carbocycles. The van der Waals surface area contributed by atoms with Gasteiger partial charge in [-0.05, 0) is 6.42 Å². The molecule has 12 heavy (non-hydrogen) atoms. The predicted molar refractivity (Wildman–Crippen MR) is 43.3 cm³/mol. The number of unbranched alkanes of at least 4 members (excludes halogenated alkanes) is 2. The van der Waals surface area contributed by atoms with Crippen LogP contribution in [0.15, 0.2) is 0 Å². The van der Waals surface area contributed by atoms with Gasteiger partial charge in [0, 0.05) is 0 Å². The lowest BCUT2D eigenvalue weighted by molar-refractivity contribution is 0.428. The topological polar surface area (TPSA) is 83.5 Å². The van der Waals surface area contributed by atoms with E-state index in [-0.39, 0.29) is 5.75 Å². The SMILES string of the molecule is CCCCCS(=O)(=O)OS(=O)[O-]. The Labute approximate surface area is 74.7 Å². The standard InChI is InChI=1S/C5H12O5S2/c1-2-3-4-5-12(8,9)10-11(6)7/h2-5H2,1H3,(H,6,7)/p-1. The van der Waals surface area contributed by atoms with Gasteiger partial charge in [-0.1, -0.05) is 19.8 Å². The Balaban J connectivity index is 3.81. The summed E-state index contributed by atoms with van der Waals surface area (Å²) in [7, 11) is -3.87. The van der Waals surface area contributed by atoms with E-state index in [0.717, 1.165) is 12.8 Å². The fourth-order valence-corrected chi connectivity index (χ4v) is 2.15. The van der Waals surface area contributed by atoms with Crippen LogP contribution in [0.2, 0.25) is 0 Å². The van der Waals surface area contributed by atoms with Crippen molar-refractivity contribution in [1.82, 2.24) is 0 Å². The quantitative estimate of drug-likeness (QED) is 0.470. The first-order valence-corrected chi connectivity index (χ1v) is 6.07. The van der Waals surface area contributed by atoms with Gasteiger partial charge in [-0.15, -0.1) is 0 Å². The molecular formula is C5H11O5S2-. The molecule has 0 spiro atoms. The highest BCUT2D eigenvalue weighted by Crippen LogP contribution is 2.02. The van der Waals surface area contributed by atoms with Gasteiger partial charge in [-0.25, -0.2) is 4.21 Å². The van der Waals surface area contributed by atoms with Crippen LogP contribution in [0.25, 0.3) is 0 Å². The first kappa shape index (κ1) is 12.0. The van der Waals surface area contributed by atoms with Gasteiger partial charge in [-0.3, -0.25) is 0 Å². The lowest BCUT2D eigenvalue weighted by atomic mass is 10.3. The first-order chi connectivity index (χ1) is 5.48. The van der Waals surface area contributed by atoms with Crippen LogP contribution in [0.4, 0.5) is 0 Å². The summed E-state index contributed by atoms with van der Waals surface area (Å²) in [6.07, 6.45) is 2.04. The van der Waals surface area contributed by atoms with Gasteiger partial charge in [-0.2, -0.15) is 12.0 Å². The summed E-state index contributed by atoms with van der Waals surface area (Å²) in [5, 5.41) is 0. The smallest absolute Gasteiger partial charge is 0.279 e. The maximum Gasteiger partial charge on any atom is 0.279 e. The van der Waals surface area contributed by atoms with Crippen LogP contribution in [0.5, 0.6) is 0 Å². The molecule has 0 bridgehead atoms. The van der Waals surface area contributed by atoms with E-state index in [9.17, 15) is 17.2 Å². The van der Waals surface area contributed by atoms with E-state index in [2.05, 4.69) is 3.63 Å². The van der Waals surface area contributed by atoms with Crippen molar-refractivity contribution in [1.29, 1.82) is 0 Å². The summed E-state index contributed by atoms with van der Waals surface area (Å²) in [4.78, 5) is 0. The summed E-state index contributed by atoms with van der Waals surface area (Å²) in [5.41, 5.74) is 0. The van der Waals surface area contributed by atoms with Crippen LogP contribution >= 0.6 is 0 Å². The third-order valence-electron chi connectivity index (χ3n) is 1.16. The number of hydrogen-bond acceptors (Lipinski definition) is 5. The van der Waals surface area contributed by atoms with E-state index in [4.69, 9.17) is 0 Å². The van der Waals surface area contributed by atoms with Crippen molar-refractivity contribution < 1.29 is 20.8 Å². The van der Waals surface area contributed by atoms with E-state index in [1.165, 1.54) is 0 Å². The van der Waals surface area contributed by atoms with Crippen molar-refractivity contribution in [3.05, 3.63) is 0 Å². The molecule has 0 aromatic rings. The normalized spacial score (nSPS) is 14.5. The second-order valence-corrected chi connectivity index (χ2v) is 4.72. The van der Waals surface area contributed by atoms with E-state index < -0.39 is 21.5 Å². The second-order valence-electron chi connectivity index (χ2n) is 2.24. The minimum absolute atomic E-state index is 0.241. The Kier molecular flexibility index (Phi) is 5.64. The van der Waals surface area contributed by atoms with E-state index in [1.54, 1.807) is 0 Å². The van der Waals surface area contributed by atoms with Crippen LogP contribution in [-0.4, -0.2) is 22.9 Å². The molecular weight excluding hydrogens is 204 g/mol. The molecule has 0 N–H and O–H groups in total. The Morgan fingerprint density at radius 2 is 2.00 bits per heavy atom. The Bertz CT molecular complexity index is 232. The molecule has 1 unspecified atom stereocenters. The zero-order chi connectivity index (χ0) is 9.61. The van der Waals surface area contributed by atoms with E-state index in [1.807, 2.05) is 6.92 Å². The highest BCUT2D eigenvalue weighted by Gasteiger charge is 2.10. The average molecular weight is 215 g/mol. The van der Waals surface area contributed by atoms with Crippen LogP contribution < -0.4 is 0 Å². The third kappa shape index (κ3) is 6.71. The molecule has 0 aromatic carbocycles. The zero-order valence-electron chi connectivity index (χ0n) is 6.69. The zero-order valence-corrected chi connectivity index (χ0v) is 8.32. The monoisotopic (exact) mass is 215 g/mol. The summed E-state index contributed by atoms with van der Waals surface area (Å²) >= 11 is -2.98. The lowest BCUT2D eigenvalue weighted by Gasteiger charge is -2.05. The third-order valence-corrected chi connectivity index (χ3v) is 3.22. The largest absolute Gasteiger partial charge is 0.749 e. The predicted octanol–water partition coefficient (Wildman–Crippen LogP) is 0.317. The van der Waals surface area contributed by atoms with Crippen LogP contribution in [0.1, 0.15) is 26.2 Å². The summed E-state index contributed by atoms with van der Waals surface area (Å²) in [6.45, 7) is 1.92. The first-order valence-electron chi connectivity index (χ1n) is 3.50. The molecule has 1 atom stereocenters. The molecule has 0 radical (unpaired) electrons. The van der Waals surface area contributed by atoms with Gasteiger partial charge >= 0.3 is 0 Å². The molecule has 5 nitrogen and oxygen atoms in total. The summed E-state index contributed by atoms with van der Waals surface area (Å²) in [6, 6.07) is 0. The van der Waals surface area contributed by atoms with Crippen LogP contribution in [-0.2, 0) is 25.1 Å². The van der Waals surface area contributed by atoms with Gasteiger partial charge in [0.2, 0.25) is 0 Å². The maximum atomic E-state index is 10.7. The number of rotatable bonds is 6. The summed E-state index contributed by atoms with van der Waals surface area (Å²) in [5.74, 6) is -0.241. The van der Waals surface area contributed by atoms with Gasteiger partial charge in [0.15, 0.2) is 0 Å². The number of hydrogen-bond donors (Lipinski definition) is 0. The molecule has 74 valence electrons. The molecule has 0 heterocycles. The second kappa shape index (κ2) is 5.63. The van der Waals surface area contributed by atoms with Crippen molar-refractivity contribution >= 4 is 21.5 Å². The lowest BCUT2D eigenvalue weighted by Crippen LogP contribution is -2.11. The fraction of sp³-hybridized carbons (Fsp3) is 1.00. The maximum absolute atomic E-state index is 10.7. The molecule has 0 amide bonds. The van der Waals surface area contributed by atoms with Crippen LogP contribution in [0.3, 0.4) is 0 Å². The molecule has 0 rings (SSSR count). The van der Waals surface area contributed by atoms with Gasteiger partial charge in [0.25, 0.3) is 10.1 Å². The van der Waals surface area contributed by atoms with Crippen molar-refractivity contribution in [3.8, 4) is 0 Å². The fourth-order valence-electron chi connectivity index (χ4n) is 0.648. The van der Waals surface area contributed by atoms with Crippen LogP contribution in [0, 0.1) is 0 Å². The highest BCUT2D eigenvalue weighted by atomic mass is 32.3. The molecule has 0 fully saturated rings. The van der Waals surface area contributed by atoms with E-state index in [0.29, 0.717) is 6.42 Å². The molecule has 0 aromatic heterocycles. The van der Waals surface area contributed by atoms with E-state index >= 15 is 0 Å². The Morgan fingerprint density at radius 3 is 2.42 bits per heavy atom. The molecule has 0 aliphatic rings. The Hall–Kier alpha value is 0.0200. The van der Waals surface area contributed by atoms with Crippen molar-refractivity contribution in [2.24, 2.45) is 0 Å². The Morgan fingerprint density at radius 1 is 1.42 bits per heavy atom. The van der Waals surface area contributed by atoms with Gasteiger partial charge < -0.3 is 4.55 Å². The molecule has 0 aliphatic heterocycles. The molecule has 7 heteroatoms. The summed E-state index contributed by atoms with van der Waals surface area (Å²) < 4.78 is 44.8. The van der Waals surface area contributed by atoms with Crippen molar-refractivity contribution in [2.45, 2.75) is 26.2 Å². The molecule has 0 saturated carbocycles. The van der Waals surface area contributed by atoms with Crippen molar-refractivity contribution in [3.63, 3.8) is 0 Å².